The highest BCUT2D eigenvalue weighted by atomic mass is 16.5. The number of aliphatic hydroxyl groups excluding tert-OH is 2. The lowest BCUT2D eigenvalue weighted by atomic mass is 10.0. The third-order valence-electron chi connectivity index (χ3n) is 14.7. The first-order valence-corrected chi connectivity index (χ1v) is 30.8. The Morgan fingerprint density at radius 1 is 0.358 bits per heavy atom. The molecule has 0 aliphatic rings. The Morgan fingerprint density at radius 3 is 0.910 bits per heavy atom. The van der Waals surface area contributed by atoms with Crippen LogP contribution in [0.15, 0.2) is 0 Å². The van der Waals surface area contributed by atoms with Crippen LogP contribution in [0.1, 0.15) is 354 Å². The van der Waals surface area contributed by atoms with E-state index < -0.39 is 12.1 Å². The summed E-state index contributed by atoms with van der Waals surface area (Å²) >= 11 is 0. The molecule has 400 valence electrons. The van der Waals surface area contributed by atoms with E-state index in [-0.39, 0.29) is 18.5 Å². The Hall–Kier alpha value is -1.14. The smallest absolute Gasteiger partial charge is 0.305 e. The fraction of sp³-hybridized carbons (Fsp3) is 0.967. The van der Waals surface area contributed by atoms with Crippen molar-refractivity contribution < 1.29 is 24.5 Å². The Labute approximate surface area is 419 Å². The number of ether oxygens (including phenoxy) is 1. The summed E-state index contributed by atoms with van der Waals surface area (Å²) in [6, 6.07) is -0.538. The molecule has 6 heteroatoms. The minimum Gasteiger partial charge on any atom is -0.466 e. The van der Waals surface area contributed by atoms with Crippen LogP contribution in [0.5, 0.6) is 0 Å². The molecule has 0 rings (SSSR count). The average molecular weight is 949 g/mol. The highest BCUT2D eigenvalue weighted by molar-refractivity contribution is 5.76. The summed E-state index contributed by atoms with van der Waals surface area (Å²) < 4.78 is 5.48. The van der Waals surface area contributed by atoms with Crippen molar-refractivity contribution in [1.82, 2.24) is 5.32 Å². The number of esters is 1. The maximum absolute atomic E-state index is 12.5. The zero-order chi connectivity index (χ0) is 48.6. The summed E-state index contributed by atoms with van der Waals surface area (Å²) in [5, 5.41) is 23.3. The van der Waals surface area contributed by atoms with Gasteiger partial charge in [0.05, 0.1) is 25.4 Å². The van der Waals surface area contributed by atoms with Crippen molar-refractivity contribution in [3.63, 3.8) is 0 Å². The van der Waals surface area contributed by atoms with Gasteiger partial charge in [-0.15, -0.1) is 0 Å². The van der Waals surface area contributed by atoms with Gasteiger partial charge in [0.2, 0.25) is 5.91 Å². The van der Waals surface area contributed by atoms with Gasteiger partial charge in [-0.2, -0.15) is 0 Å². The quantitative estimate of drug-likeness (QED) is 0.0417. The maximum Gasteiger partial charge on any atom is 0.305 e. The van der Waals surface area contributed by atoms with Gasteiger partial charge in [-0.25, -0.2) is 0 Å². The molecule has 0 heterocycles. The standard InChI is InChI=1S/C61H121NO5/c1-3-5-7-9-11-13-15-30-33-37-41-45-49-53-59(64)58(57-63)62-60(65)54-50-46-42-38-34-31-28-26-24-22-20-18-17-19-21-23-25-27-29-32-36-40-44-48-52-56-67-61(66)55-51-47-43-39-35-16-14-12-10-8-6-4-2/h58-59,63-64H,3-57H2,1-2H3,(H,62,65). The van der Waals surface area contributed by atoms with Crippen molar-refractivity contribution in [3.05, 3.63) is 0 Å². The highest BCUT2D eigenvalue weighted by Crippen LogP contribution is 2.18. The third-order valence-corrected chi connectivity index (χ3v) is 14.7. The first kappa shape index (κ1) is 65.9. The molecule has 2 atom stereocenters. The summed E-state index contributed by atoms with van der Waals surface area (Å²) in [6.07, 6.45) is 66.9. The molecular formula is C61H121NO5. The fourth-order valence-corrected chi connectivity index (χ4v) is 9.94. The summed E-state index contributed by atoms with van der Waals surface area (Å²) in [5.41, 5.74) is 0. The molecule has 0 saturated carbocycles. The van der Waals surface area contributed by atoms with E-state index in [1.807, 2.05) is 0 Å². The first-order valence-electron chi connectivity index (χ1n) is 30.8. The second kappa shape index (κ2) is 57.4. The molecule has 0 bridgehead atoms. The van der Waals surface area contributed by atoms with E-state index in [9.17, 15) is 19.8 Å². The Kier molecular flexibility index (Phi) is 56.5. The van der Waals surface area contributed by atoms with Crippen molar-refractivity contribution in [3.8, 4) is 0 Å². The van der Waals surface area contributed by atoms with Crippen molar-refractivity contribution in [2.24, 2.45) is 0 Å². The van der Waals surface area contributed by atoms with E-state index >= 15 is 0 Å². The number of aliphatic hydroxyl groups is 2. The largest absolute Gasteiger partial charge is 0.466 e. The lowest BCUT2D eigenvalue weighted by Crippen LogP contribution is -2.45. The van der Waals surface area contributed by atoms with Gasteiger partial charge in [-0.3, -0.25) is 9.59 Å². The molecule has 2 unspecified atom stereocenters. The fourth-order valence-electron chi connectivity index (χ4n) is 9.94. The normalized spacial score (nSPS) is 12.5. The van der Waals surface area contributed by atoms with Gasteiger partial charge in [0, 0.05) is 12.8 Å². The number of carbonyl (C=O) groups is 2. The predicted octanol–water partition coefficient (Wildman–Crippen LogP) is 19.1. The van der Waals surface area contributed by atoms with Crippen LogP contribution in [0.2, 0.25) is 0 Å². The molecule has 0 saturated heterocycles. The number of rotatable bonds is 58. The number of nitrogens with one attached hydrogen (secondary N) is 1. The molecule has 67 heavy (non-hydrogen) atoms. The van der Waals surface area contributed by atoms with Gasteiger partial charge in [-0.1, -0.05) is 316 Å². The second-order valence-electron chi connectivity index (χ2n) is 21.4. The molecule has 0 spiro atoms. The summed E-state index contributed by atoms with van der Waals surface area (Å²) in [6.45, 7) is 4.98. The van der Waals surface area contributed by atoms with Crippen LogP contribution in [0.3, 0.4) is 0 Å². The third kappa shape index (κ3) is 54.0. The molecule has 1 amide bonds. The maximum atomic E-state index is 12.5. The molecular weight excluding hydrogens is 827 g/mol. The van der Waals surface area contributed by atoms with E-state index in [0.29, 0.717) is 25.9 Å². The molecule has 3 N–H and O–H groups in total. The number of unbranched alkanes of at least 4 members (excludes halogenated alkanes) is 47. The summed E-state index contributed by atoms with van der Waals surface area (Å²) in [4.78, 5) is 24.5. The SMILES string of the molecule is CCCCCCCCCCCCCCCC(O)C(CO)NC(=O)CCCCCCCCCCCCCCCCCCCCCCCCCCCOC(=O)CCCCCCCCCCCCCC. The average Bonchev–Trinajstić information content (AvgIpc) is 3.33. The number of hydrogen-bond acceptors (Lipinski definition) is 5. The predicted molar refractivity (Wildman–Crippen MR) is 292 cm³/mol. The van der Waals surface area contributed by atoms with Crippen LogP contribution in [0.4, 0.5) is 0 Å². The van der Waals surface area contributed by atoms with Gasteiger partial charge in [0.1, 0.15) is 0 Å². The second-order valence-corrected chi connectivity index (χ2v) is 21.4. The van der Waals surface area contributed by atoms with E-state index in [2.05, 4.69) is 19.2 Å². The minimum atomic E-state index is -0.661. The molecule has 0 aromatic heterocycles. The van der Waals surface area contributed by atoms with E-state index in [1.54, 1.807) is 0 Å². The molecule has 0 radical (unpaired) electrons. The van der Waals surface area contributed by atoms with Crippen molar-refractivity contribution in [1.29, 1.82) is 0 Å². The lowest BCUT2D eigenvalue weighted by Gasteiger charge is -2.22. The van der Waals surface area contributed by atoms with Crippen molar-refractivity contribution >= 4 is 11.9 Å². The first-order chi connectivity index (χ1) is 33.0. The van der Waals surface area contributed by atoms with Crippen LogP contribution in [-0.4, -0.2) is 47.4 Å². The van der Waals surface area contributed by atoms with Crippen LogP contribution >= 0.6 is 0 Å². The number of hydrogen-bond donors (Lipinski definition) is 3. The van der Waals surface area contributed by atoms with Gasteiger partial charge in [0.25, 0.3) is 0 Å². The molecule has 0 aromatic rings. The zero-order valence-corrected chi connectivity index (χ0v) is 45.7. The molecule has 0 aliphatic carbocycles. The Balaban J connectivity index is 3.33. The minimum absolute atomic E-state index is 0.0179. The zero-order valence-electron chi connectivity index (χ0n) is 45.7. The van der Waals surface area contributed by atoms with Crippen LogP contribution < -0.4 is 5.32 Å². The van der Waals surface area contributed by atoms with Crippen LogP contribution in [-0.2, 0) is 14.3 Å². The summed E-state index contributed by atoms with van der Waals surface area (Å²) in [5.74, 6) is -0.0132. The monoisotopic (exact) mass is 948 g/mol. The van der Waals surface area contributed by atoms with Crippen LogP contribution in [0, 0.1) is 0 Å². The van der Waals surface area contributed by atoms with E-state index in [4.69, 9.17) is 4.74 Å². The van der Waals surface area contributed by atoms with Crippen molar-refractivity contribution in [2.75, 3.05) is 13.2 Å². The lowest BCUT2D eigenvalue weighted by molar-refractivity contribution is -0.143. The van der Waals surface area contributed by atoms with Gasteiger partial charge in [-0.05, 0) is 25.7 Å². The highest BCUT2D eigenvalue weighted by Gasteiger charge is 2.20. The molecule has 0 aliphatic heterocycles. The Morgan fingerprint density at radius 2 is 0.612 bits per heavy atom. The van der Waals surface area contributed by atoms with Crippen molar-refractivity contribution in [2.45, 2.75) is 366 Å². The number of amides is 1. The summed E-state index contributed by atoms with van der Waals surface area (Å²) in [7, 11) is 0. The van der Waals surface area contributed by atoms with Gasteiger partial charge in [0.15, 0.2) is 0 Å². The van der Waals surface area contributed by atoms with Crippen LogP contribution in [0.25, 0.3) is 0 Å². The van der Waals surface area contributed by atoms with Gasteiger partial charge < -0.3 is 20.3 Å². The van der Waals surface area contributed by atoms with Gasteiger partial charge >= 0.3 is 5.97 Å². The molecule has 6 nitrogen and oxygen atoms in total. The Bertz CT molecular complexity index is 959. The molecule has 0 fully saturated rings. The topological polar surface area (TPSA) is 95.9 Å². The molecule has 0 aromatic carbocycles. The number of carbonyl (C=O) groups excluding carboxylic acids is 2. The van der Waals surface area contributed by atoms with E-state index in [0.717, 1.165) is 38.5 Å². The van der Waals surface area contributed by atoms with E-state index in [1.165, 1.54) is 283 Å².